The summed E-state index contributed by atoms with van der Waals surface area (Å²) >= 11 is 0. The van der Waals surface area contributed by atoms with Crippen molar-refractivity contribution in [2.24, 2.45) is 0 Å². The Balaban J connectivity index is 1.48. The van der Waals surface area contributed by atoms with Crippen molar-refractivity contribution in [2.75, 3.05) is 7.11 Å². The Labute approximate surface area is 158 Å². The largest absolute Gasteiger partial charge is 0.480 e. The second-order valence-corrected chi connectivity index (χ2v) is 7.17. The Hall–Kier alpha value is -2.89. The molecule has 1 aromatic heterocycles. The number of hydrogen-bond donors (Lipinski definition) is 1. The predicted octanol–water partition coefficient (Wildman–Crippen LogP) is 2.79. The van der Waals surface area contributed by atoms with E-state index in [1.165, 1.54) is 7.11 Å². The van der Waals surface area contributed by atoms with Crippen LogP contribution in [-0.2, 0) is 6.54 Å². The first-order chi connectivity index (χ1) is 13.2. The molecule has 1 heterocycles. The molecule has 2 aromatic rings. The lowest BCUT2D eigenvalue weighted by atomic mass is 10.1. The van der Waals surface area contributed by atoms with Gasteiger partial charge in [0.25, 0.3) is 11.8 Å². The molecule has 2 amide bonds. The molecule has 0 unspecified atom stereocenters. The third kappa shape index (κ3) is 4.10. The first-order valence-electron chi connectivity index (χ1n) is 9.35. The fraction of sp³-hybridized carbons (Fsp3) is 0.381. The number of amides is 2. The quantitative estimate of drug-likeness (QED) is 0.819. The summed E-state index contributed by atoms with van der Waals surface area (Å²) in [5.41, 5.74) is 2.14. The summed E-state index contributed by atoms with van der Waals surface area (Å²) in [6, 6.07) is 11.6. The van der Waals surface area contributed by atoms with E-state index in [2.05, 4.69) is 10.3 Å². The van der Waals surface area contributed by atoms with Crippen molar-refractivity contribution < 1.29 is 14.3 Å². The monoisotopic (exact) mass is 365 g/mol. The van der Waals surface area contributed by atoms with Crippen LogP contribution >= 0.6 is 0 Å². The van der Waals surface area contributed by atoms with Gasteiger partial charge in [0, 0.05) is 30.4 Å². The van der Waals surface area contributed by atoms with Crippen LogP contribution in [-0.4, -0.2) is 40.9 Å². The highest BCUT2D eigenvalue weighted by molar-refractivity contribution is 5.97. The molecule has 140 valence electrons. The van der Waals surface area contributed by atoms with Crippen LogP contribution in [0.4, 0.5) is 0 Å². The van der Waals surface area contributed by atoms with Crippen molar-refractivity contribution in [3.8, 4) is 5.88 Å². The third-order valence-electron chi connectivity index (χ3n) is 4.93. The van der Waals surface area contributed by atoms with Crippen LogP contribution in [0.3, 0.4) is 0 Å². The topological polar surface area (TPSA) is 71.5 Å². The number of nitrogens with one attached hydrogen (secondary N) is 1. The molecule has 2 fully saturated rings. The molecular formula is C21H23N3O3. The molecule has 0 bridgehead atoms. The summed E-state index contributed by atoms with van der Waals surface area (Å²) in [5, 5.41) is 2.99. The number of carbonyl (C=O) groups excluding carboxylic acids is 2. The van der Waals surface area contributed by atoms with Gasteiger partial charge in [-0.15, -0.1) is 0 Å². The molecule has 2 saturated carbocycles. The lowest BCUT2D eigenvalue weighted by molar-refractivity contribution is 0.0725. The average Bonchev–Trinajstić information content (AvgIpc) is 3.61. The average molecular weight is 365 g/mol. The Morgan fingerprint density at radius 1 is 1.15 bits per heavy atom. The van der Waals surface area contributed by atoms with Gasteiger partial charge in [-0.3, -0.25) is 9.59 Å². The van der Waals surface area contributed by atoms with E-state index in [1.54, 1.807) is 18.3 Å². The molecule has 1 aromatic carbocycles. The van der Waals surface area contributed by atoms with Gasteiger partial charge >= 0.3 is 0 Å². The number of carbonyl (C=O) groups is 2. The minimum atomic E-state index is -0.0713. The summed E-state index contributed by atoms with van der Waals surface area (Å²) < 4.78 is 5.24. The summed E-state index contributed by atoms with van der Waals surface area (Å²) in [6.07, 6.45) is 5.77. The minimum absolute atomic E-state index is 0.0285. The first-order valence-corrected chi connectivity index (χ1v) is 9.35. The number of aromatic nitrogens is 1. The predicted molar refractivity (Wildman–Crippen MR) is 101 cm³/mol. The van der Waals surface area contributed by atoms with Gasteiger partial charge in [-0.25, -0.2) is 4.98 Å². The molecule has 6 nitrogen and oxygen atoms in total. The van der Waals surface area contributed by atoms with Crippen LogP contribution in [0.25, 0.3) is 0 Å². The van der Waals surface area contributed by atoms with E-state index in [4.69, 9.17) is 4.74 Å². The van der Waals surface area contributed by atoms with Gasteiger partial charge in [-0.05, 0) is 55.5 Å². The van der Waals surface area contributed by atoms with E-state index in [0.717, 1.165) is 31.2 Å². The van der Waals surface area contributed by atoms with E-state index in [0.29, 0.717) is 29.6 Å². The normalized spacial score (nSPS) is 15.9. The number of pyridine rings is 1. The van der Waals surface area contributed by atoms with Gasteiger partial charge in [0.15, 0.2) is 0 Å². The van der Waals surface area contributed by atoms with E-state index in [9.17, 15) is 9.59 Å². The van der Waals surface area contributed by atoms with Crippen LogP contribution in [0.2, 0.25) is 0 Å². The van der Waals surface area contributed by atoms with Crippen LogP contribution in [0.5, 0.6) is 5.88 Å². The van der Waals surface area contributed by atoms with Crippen LogP contribution in [0.15, 0.2) is 42.6 Å². The lowest BCUT2D eigenvalue weighted by Gasteiger charge is -2.23. The second kappa shape index (κ2) is 7.39. The highest BCUT2D eigenvalue weighted by Crippen LogP contribution is 2.31. The molecule has 4 rings (SSSR count). The van der Waals surface area contributed by atoms with Crippen LogP contribution < -0.4 is 10.1 Å². The van der Waals surface area contributed by atoms with Gasteiger partial charge in [-0.2, -0.15) is 0 Å². The van der Waals surface area contributed by atoms with Crippen molar-refractivity contribution >= 4 is 11.8 Å². The number of hydrogen-bond acceptors (Lipinski definition) is 4. The van der Waals surface area contributed by atoms with E-state index in [1.807, 2.05) is 29.2 Å². The summed E-state index contributed by atoms with van der Waals surface area (Å²) in [7, 11) is 1.52. The van der Waals surface area contributed by atoms with E-state index in [-0.39, 0.29) is 17.9 Å². The summed E-state index contributed by atoms with van der Waals surface area (Å²) in [4.78, 5) is 31.2. The van der Waals surface area contributed by atoms with Crippen LogP contribution in [0, 0.1) is 0 Å². The number of methoxy groups -OCH3 is 1. The SMILES string of the molecule is COc1ncccc1C(=O)N(Cc1ccc(C(=O)NC2CC2)cc1)C1CC1. The third-order valence-corrected chi connectivity index (χ3v) is 4.93. The van der Waals surface area contributed by atoms with Crippen molar-refractivity contribution in [3.63, 3.8) is 0 Å². The Kier molecular flexibility index (Phi) is 4.79. The maximum atomic E-state index is 13.1. The van der Waals surface area contributed by atoms with Gasteiger partial charge in [0.05, 0.1) is 7.11 Å². The van der Waals surface area contributed by atoms with Gasteiger partial charge in [-0.1, -0.05) is 12.1 Å². The Morgan fingerprint density at radius 3 is 2.52 bits per heavy atom. The lowest BCUT2D eigenvalue weighted by Crippen LogP contribution is -2.33. The molecule has 2 aliphatic rings. The number of ether oxygens (including phenoxy) is 1. The highest BCUT2D eigenvalue weighted by atomic mass is 16.5. The number of nitrogens with zero attached hydrogens (tertiary/aromatic N) is 2. The fourth-order valence-electron chi connectivity index (χ4n) is 3.08. The molecular weight excluding hydrogens is 342 g/mol. The second-order valence-electron chi connectivity index (χ2n) is 7.17. The first kappa shape index (κ1) is 17.5. The number of rotatable bonds is 7. The Morgan fingerprint density at radius 2 is 1.89 bits per heavy atom. The zero-order chi connectivity index (χ0) is 18.8. The summed E-state index contributed by atoms with van der Waals surface area (Å²) in [5.74, 6) is 0.248. The molecule has 0 spiro atoms. The highest BCUT2D eigenvalue weighted by Gasteiger charge is 2.34. The molecule has 0 saturated heterocycles. The number of benzene rings is 1. The fourth-order valence-corrected chi connectivity index (χ4v) is 3.08. The molecule has 6 heteroatoms. The van der Waals surface area contributed by atoms with E-state index < -0.39 is 0 Å². The minimum Gasteiger partial charge on any atom is -0.480 e. The standard InChI is InChI=1S/C21H23N3O3/c1-27-20-18(3-2-12-22-20)21(26)24(17-10-11-17)13-14-4-6-15(7-5-14)19(25)23-16-8-9-16/h2-7,12,16-17H,8-11,13H2,1H3,(H,23,25). The summed E-state index contributed by atoms with van der Waals surface area (Å²) in [6.45, 7) is 0.506. The van der Waals surface area contributed by atoms with Crippen LogP contribution in [0.1, 0.15) is 52.0 Å². The molecule has 2 aliphatic carbocycles. The molecule has 27 heavy (non-hydrogen) atoms. The van der Waals surface area contributed by atoms with Gasteiger partial charge in [0.1, 0.15) is 5.56 Å². The molecule has 1 N–H and O–H groups in total. The molecule has 0 atom stereocenters. The molecule has 0 radical (unpaired) electrons. The zero-order valence-electron chi connectivity index (χ0n) is 15.4. The van der Waals surface area contributed by atoms with Crippen molar-refractivity contribution in [1.29, 1.82) is 0 Å². The van der Waals surface area contributed by atoms with Crippen molar-refractivity contribution in [2.45, 2.75) is 44.3 Å². The van der Waals surface area contributed by atoms with Crippen molar-refractivity contribution in [1.82, 2.24) is 15.2 Å². The Bertz CT molecular complexity index is 842. The van der Waals surface area contributed by atoms with E-state index >= 15 is 0 Å². The maximum absolute atomic E-state index is 13.1. The smallest absolute Gasteiger partial charge is 0.259 e. The van der Waals surface area contributed by atoms with Gasteiger partial charge < -0.3 is 15.0 Å². The maximum Gasteiger partial charge on any atom is 0.259 e. The molecule has 0 aliphatic heterocycles. The van der Waals surface area contributed by atoms with Crippen molar-refractivity contribution in [3.05, 3.63) is 59.3 Å². The zero-order valence-corrected chi connectivity index (χ0v) is 15.4. The van der Waals surface area contributed by atoms with Gasteiger partial charge in [0.2, 0.25) is 5.88 Å².